The maximum atomic E-state index is 13.1. The van der Waals surface area contributed by atoms with E-state index in [1.165, 1.54) is 9.80 Å². The molecule has 154 valence electrons. The van der Waals surface area contributed by atoms with E-state index in [-0.39, 0.29) is 18.5 Å². The molecule has 0 saturated carbocycles. The zero-order valence-corrected chi connectivity index (χ0v) is 17.4. The summed E-state index contributed by atoms with van der Waals surface area (Å²) in [5.41, 5.74) is 3.03. The maximum Gasteiger partial charge on any atom is 0.328 e. The molecule has 3 aliphatic heterocycles. The Bertz CT molecular complexity index is 894. The summed E-state index contributed by atoms with van der Waals surface area (Å²) in [4.78, 5) is 39.3. The van der Waals surface area contributed by atoms with Crippen LogP contribution in [0.5, 0.6) is 0 Å². The highest BCUT2D eigenvalue weighted by Gasteiger charge is 2.54. The molecule has 0 radical (unpaired) electrons. The summed E-state index contributed by atoms with van der Waals surface area (Å²) in [6.07, 6.45) is 1.39. The molecule has 2 unspecified atom stereocenters. The van der Waals surface area contributed by atoms with Gasteiger partial charge in [0.05, 0.1) is 13.2 Å². The van der Waals surface area contributed by atoms with Gasteiger partial charge >= 0.3 is 6.03 Å². The number of anilines is 2. The highest BCUT2D eigenvalue weighted by molar-refractivity contribution is 6.09. The SMILES string of the molecule is COCCN1C(=O)C2C(N=C3N(c4ccc(N(C)C)cc4)C(C)=CN32)N(C)C1=O. The molecule has 0 spiro atoms. The van der Waals surface area contributed by atoms with Crippen LogP contribution in [0.15, 0.2) is 41.2 Å². The van der Waals surface area contributed by atoms with Crippen molar-refractivity contribution in [2.75, 3.05) is 51.2 Å². The number of hydrogen-bond acceptors (Lipinski definition) is 7. The highest BCUT2D eigenvalue weighted by atomic mass is 16.5. The minimum atomic E-state index is -0.564. The normalized spacial score (nSPS) is 23.3. The molecule has 0 bridgehead atoms. The van der Waals surface area contributed by atoms with Crippen LogP contribution in [0.4, 0.5) is 16.2 Å². The number of hydrogen-bond donors (Lipinski definition) is 0. The van der Waals surface area contributed by atoms with Gasteiger partial charge in [-0.1, -0.05) is 0 Å². The Morgan fingerprint density at radius 3 is 2.48 bits per heavy atom. The molecular formula is C20H26N6O3. The fraction of sp³-hybridized carbons (Fsp3) is 0.450. The molecule has 29 heavy (non-hydrogen) atoms. The van der Waals surface area contributed by atoms with Gasteiger partial charge in [-0.3, -0.25) is 14.6 Å². The first-order valence-electron chi connectivity index (χ1n) is 9.54. The number of allylic oxidation sites excluding steroid dienone is 1. The van der Waals surface area contributed by atoms with Gasteiger partial charge in [0.1, 0.15) is 0 Å². The van der Waals surface area contributed by atoms with Crippen LogP contribution in [-0.4, -0.2) is 86.2 Å². The molecule has 1 saturated heterocycles. The molecular weight excluding hydrogens is 372 g/mol. The van der Waals surface area contributed by atoms with Gasteiger partial charge in [0.25, 0.3) is 5.91 Å². The van der Waals surface area contributed by atoms with Crippen molar-refractivity contribution in [1.29, 1.82) is 0 Å². The predicted octanol–water partition coefficient (Wildman–Crippen LogP) is 1.34. The molecule has 9 nitrogen and oxygen atoms in total. The molecule has 3 heterocycles. The summed E-state index contributed by atoms with van der Waals surface area (Å²) in [5.74, 6) is 0.416. The van der Waals surface area contributed by atoms with Crippen LogP contribution in [0.1, 0.15) is 6.92 Å². The molecule has 1 aromatic rings. The average Bonchev–Trinajstić information content (AvgIpc) is 3.21. The van der Waals surface area contributed by atoms with Crippen LogP contribution < -0.4 is 9.80 Å². The molecule has 9 heteroatoms. The molecule has 3 aliphatic rings. The largest absolute Gasteiger partial charge is 0.383 e. The maximum absolute atomic E-state index is 13.1. The molecule has 1 aromatic carbocycles. The van der Waals surface area contributed by atoms with Crippen molar-refractivity contribution in [2.45, 2.75) is 19.1 Å². The number of carbonyl (C=O) groups excluding carboxylic acids is 2. The van der Waals surface area contributed by atoms with Crippen LogP contribution >= 0.6 is 0 Å². The number of aliphatic imine (C=N–C) groups is 1. The van der Waals surface area contributed by atoms with Crippen molar-refractivity contribution in [3.05, 3.63) is 36.2 Å². The van der Waals surface area contributed by atoms with E-state index in [0.717, 1.165) is 17.1 Å². The van der Waals surface area contributed by atoms with E-state index in [4.69, 9.17) is 9.73 Å². The third kappa shape index (κ3) is 2.93. The van der Waals surface area contributed by atoms with Crippen LogP contribution in [-0.2, 0) is 9.53 Å². The smallest absolute Gasteiger partial charge is 0.328 e. The lowest BCUT2D eigenvalue weighted by Crippen LogP contribution is -2.64. The molecule has 0 aliphatic carbocycles. The Hall–Kier alpha value is -3.07. The first-order valence-corrected chi connectivity index (χ1v) is 9.54. The number of urea groups is 1. The van der Waals surface area contributed by atoms with Gasteiger partial charge in [0.2, 0.25) is 5.96 Å². The van der Waals surface area contributed by atoms with Gasteiger partial charge < -0.3 is 19.4 Å². The number of likely N-dealkylation sites (N-methyl/N-ethyl adjacent to an activating group) is 1. The number of imide groups is 1. The molecule has 0 N–H and O–H groups in total. The Morgan fingerprint density at radius 1 is 1.17 bits per heavy atom. The molecule has 1 fully saturated rings. The van der Waals surface area contributed by atoms with Crippen molar-refractivity contribution in [3.63, 3.8) is 0 Å². The number of ether oxygens (including phenoxy) is 1. The quantitative estimate of drug-likeness (QED) is 0.746. The summed E-state index contributed by atoms with van der Waals surface area (Å²) in [6, 6.07) is 7.24. The lowest BCUT2D eigenvalue weighted by Gasteiger charge is -2.40. The van der Waals surface area contributed by atoms with E-state index in [1.807, 2.05) is 66.2 Å². The minimum absolute atomic E-state index is 0.226. The first-order chi connectivity index (χ1) is 13.8. The molecule has 2 atom stereocenters. The summed E-state index contributed by atoms with van der Waals surface area (Å²) >= 11 is 0. The summed E-state index contributed by atoms with van der Waals surface area (Å²) in [7, 11) is 7.23. The van der Waals surface area contributed by atoms with E-state index in [9.17, 15) is 9.59 Å². The van der Waals surface area contributed by atoms with Gasteiger partial charge in [0, 0.05) is 51.5 Å². The van der Waals surface area contributed by atoms with E-state index in [2.05, 4.69) is 0 Å². The number of nitrogens with zero attached hydrogens (tertiary/aromatic N) is 6. The van der Waals surface area contributed by atoms with Gasteiger partial charge in [0.15, 0.2) is 12.2 Å². The predicted molar refractivity (Wildman–Crippen MR) is 111 cm³/mol. The van der Waals surface area contributed by atoms with Gasteiger partial charge in [-0.15, -0.1) is 0 Å². The van der Waals surface area contributed by atoms with Gasteiger partial charge in [-0.25, -0.2) is 9.79 Å². The van der Waals surface area contributed by atoms with Crippen LogP contribution in [0.2, 0.25) is 0 Å². The number of amides is 3. The monoisotopic (exact) mass is 398 g/mol. The number of benzene rings is 1. The topological polar surface area (TPSA) is 71.9 Å². The number of methoxy groups -OCH3 is 1. The lowest BCUT2D eigenvalue weighted by atomic mass is 10.1. The third-order valence-corrected chi connectivity index (χ3v) is 5.53. The number of carbonyl (C=O) groups is 2. The van der Waals surface area contributed by atoms with Crippen LogP contribution in [0.25, 0.3) is 0 Å². The second-order valence-electron chi connectivity index (χ2n) is 7.59. The molecule has 0 aromatic heterocycles. The third-order valence-electron chi connectivity index (χ3n) is 5.53. The zero-order valence-electron chi connectivity index (χ0n) is 17.4. The Morgan fingerprint density at radius 2 is 1.86 bits per heavy atom. The second-order valence-corrected chi connectivity index (χ2v) is 7.59. The van der Waals surface area contributed by atoms with E-state index < -0.39 is 12.2 Å². The average molecular weight is 398 g/mol. The lowest BCUT2D eigenvalue weighted by molar-refractivity contribution is -0.137. The van der Waals surface area contributed by atoms with Gasteiger partial charge in [-0.05, 0) is 31.2 Å². The number of fused-ring (bicyclic) bond motifs is 3. The summed E-state index contributed by atoms with van der Waals surface area (Å²) in [6.45, 7) is 2.51. The van der Waals surface area contributed by atoms with Gasteiger partial charge in [-0.2, -0.15) is 0 Å². The van der Waals surface area contributed by atoms with Crippen molar-refractivity contribution >= 4 is 29.3 Å². The first kappa shape index (κ1) is 19.3. The van der Waals surface area contributed by atoms with Crippen LogP contribution in [0.3, 0.4) is 0 Å². The van der Waals surface area contributed by atoms with Crippen molar-refractivity contribution in [2.24, 2.45) is 4.99 Å². The van der Waals surface area contributed by atoms with E-state index >= 15 is 0 Å². The van der Waals surface area contributed by atoms with Crippen molar-refractivity contribution in [3.8, 4) is 0 Å². The number of guanidine groups is 1. The Labute approximate surface area is 170 Å². The summed E-state index contributed by atoms with van der Waals surface area (Å²) < 4.78 is 5.06. The second kappa shape index (κ2) is 7.07. The Kier molecular flexibility index (Phi) is 4.70. The fourth-order valence-electron chi connectivity index (χ4n) is 3.96. The highest BCUT2D eigenvalue weighted by Crippen LogP contribution is 2.36. The Balaban J connectivity index is 1.66. The fourth-order valence-corrected chi connectivity index (χ4v) is 3.96. The zero-order chi connectivity index (χ0) is 20.9. The standard InChI is InChI=1S/C20H26N6O3/c1-13-12-25-16-17(23(4)20(28)24(18(16)27)10-11-29-5)21-19(25)26(13)15-8-6-14(7-9-15)22(2)3/h6-9,12,16-17H,10-11H2,1-5H3. The van der Waals surface area contributed by atoms with E-state index in [1.54, 1.807) is 14.2 Å². The number of rotatable bonds is 5. The van der Waals surface area contributed by atoms with E-state index in [0.29, 0.717) is 12.6 Å². The molecule has 3 amide bonds. The molecule has 4 rings (SSSR count). The minimum Gasteiger partial charge on any atom is -0.383 e. The van der Waals surface area contributed by atoms with Crippen molar-refractivity contribution in [1.82, 2.24) is 14.7 Å². The van der Waals surface area contributed by atoms with Crippen LogP contribution in [0, 0.1) is 0 Å². The van der Waals surface area contributed by atoms with Crippen molar-refractivity contribution < 1.29 is 14.3 Å². The summed E-state index contributed by atoms with van der Waals surface area (Å²) in [5, 5.41) is 0.